The molecule has 0 unspecified atom stereocenters. The van der Waals surface area contributed by atoms with E-state index in [4.69, 9.17) is 0 Å². The van der Waals surface area contributed by atoms with Crippen LogP contribution in [0.4, 0.5) is 10.5 Å². The summed E-state index contributed by atoms with van der Waals surface area (Å²) in [6, 6.07) is 2.28. The molecule has 0 saturated carbocycles. The fraction of sp³-hybridized carbons (Fsp3) is 0.650. The maximum Gasteiger partial charge on any atom is 0.330 e. The van der Waals surface area contributed by atoms with E-state index in [0.717, 1.165) is 57.5 Å². The van der Waals surface area contributed by atoms with Crippen LogP contribution in [-0.2, 0) is 25.7 Å². The summed E-state index contributed by atoms with van der Waals surface area (Å²) in [7, 11) is 2.02. The Morgan fingerprint density at radius 2 is 1.65 bits per heavy atom. The van der Waals surface area contributed by atoms with Crippen LogP contribution in [0.5, 0.6) is 0 Å². The summed E-state index contributed by atoms with van der Waals surface area (Å²) in [5.74, 6) is 0. The average molecular weight is 377 g/mol. The lowest BCUT2D eigenvalue weighted by Crippen LogP contribution is -2.33. The minimum absolute atomic E-state index is 0.112. The number of amides is 2. The zero-order valence-electron chi connectivity index (χ0n) is 16.4. The first-order valence-corrected chi connectivity index (χ1v) is 10.7. The number of hydrogen-bond acceptors (Lipinski definition) is 4. The molecule has 0 spiro atoms. The summed E-state index contributed by atoms with van der Waals surface area (Å²) in [4.78, 5) is 14.9. The minimum Gasteiger partial charge on any atom is -0.307 e. The van der Waals surface area contributed by atoms with Gasteiger partial charge in [-0.1, -0.05) is 19.9 Å². The van der Waals surface area contributed by atoms with Crippen LogP contribution >= 0.6 is 12.1 Å². The van der Waals surface area contributed by atoms with E-state index in [2.05, 4.69) is 39.2 Å². The van der Waals surface area contributed by atoms with E-state index in [1.165, 1.54) is 47.2 Å². The van der Waals surface area contributed by atoms with Gasteiger partial charge >= 0.3 is 6.03 Å². The SMILES string of the molecule is CCN(CC)CCN(C)SNC(=O)Nc1c2c(cc3c1CCC3)CCC2. The molecule has 2 aliphatic carbocycles. The van der Waals surface area contributed by atoms with E-state index in [1.807, 2.05) is 7.05 Å². The van der Waals surface area contributed by atoms with Gasteiger partial charge in [0.1, 0.15) is 0 Å². The molecule has 2 amide bonds. The van der Waals surface area contributed by atoms with Gasteiger partial charge in [0.2, 0.25) is 0 Å². The average Bonchev–Trinajstić information content (AvgIpc) is 3.29. The van der Waals surface area contributed by atoms with Crippen molar-refractivity contribution in [3.63, 3.8) is 0 Å². The van der Waals surface area contributed by atoms with Gasteiger partial charge in [0.15, 0.2) is 0 Å². The van der Waals surface area contributed by atoms with E-state index in [1.54, 1.807) is 0 Å². The van der Waals surface area contributed by atoms with Crippen LogP contribution in [0, 0.1) is 0 Å². The summed E-state index contributed by atoms with van der Waals surface area (Å²) in [5, 5.41) is 3.18. The van der Waals surface area contributed by atoms with Crippen molar-refractivity contribution in [3.8, 4) is 0 Å². The second-order valence-electron chi connectivity index (χ2n) is 7.26. The largest absolute Gasteiger partial charge is 0.330 e. The van der Waals surface area contributed by atoms with Crippen molar-refractivity contribution < 1.29 is 4.79 Å². The van der Waals surface area contributed by atoms with Gasteiger partial charge in [-0.2, -0.15) is 0 Å². The van der Waals surface area contributed by atoms with Crippen molar-refractivity contribution in [3.05, 3.63) is 28.3 Å². The summed E-state index contributed by atoms with van der Waals surface area (Å²) < 4.78 is 5.03. The first kappa shape index (κ1) is 19.5. The second-order valence-corrected chi connectivity index (χ2v) is 8.27. The van der Waals surface area contributed by atoms with Gasteiger partial charge in [-0.15, -0.1) is 0 Å². The molecule has 0 aromatic heterocycles. The highest BCUT2D eigenvalue weighted by molar-refractivity contribution is 7.95. The maximum atomic E-state index is 12.5. The summed E-state index contributed by atoms with van der Waals surface area (Å²) >= 11 is 1.38. The van der Waals surface area contributed by atoms with Crippen LogP contribution < -0.4 is 10.0 Å². The fourth-order valence-electron chi connectivity index (χ4n) is 4.09. The standard InChI is InChI=1S/C20H32N4OS/c1-4-24(5-2)13-12-23(3)26-22-20(25)21-19-17-10-6-8-15(17)14-16-9-7-11-18(16)19/h14H,4-13H2,1-3H3,(H2,21,22,25). The number of urea groups is 1. The predicted molar refractivity (Wildman–Crippen MR) is 111 cm³/mol. The highest BCUT2D eigenvalue weighted by Gasteiger charge is 2.25. The normalized spacial score (nSPS) is 15.4. The number of nitrogens with zero attached hydrogens (tertiary/aromatic N) is 2. The van der Waals surface area contributed by atoms with E-state index in [-0.39, 0.29) is 6.03 Å². The zero-order valence-corrected chi connectivity index (χ0v) is 17.2. The van der Waals surface area contributed by atoms with Crippen molar-refractivity contribution >= 4 is 23.9 Å². The topological polar surface area (TPSA) is 47.6 Å². The Morgan fingerprint density at radius 1 is 1.04 bits per heavy atom. The van der Waals surface area contributed by atoms with Gasteiger partial charge in [0, 0.05) is 30.9 Å². The lowest BCUT2D eigenvalue weighted by molar-refractivity contribution is 0.256. The number of rotatable bonds is 8. The molecule has 6 heteroatoms. The second kappa shape index (κ2) is 9.11. The molecule has 0 radical (unpaired) electrons. The lowest BCUT2D eigenvalue weighted by atomic mass is 9.99. The summed E-state index contributed by atoms with van der Waals surface area (Å²) in [6.45, 7) is 8.42. The van der Waals surface area contributed by atoms with Crippen LogP contribution in [0.25, 0.3) is 0 Å². The Labute approximate surface area is 162 Å². The van der Waals surface area contributed by atoms with Gasteiger partial charge in [-0.25, -0.2) is 9.10 Å². The molecule has 5 nitrogen and oxygen atoms in total. The third-order valence-corrected chi connectivity index (χ3v) is 6.40. The Morgan fingerprint density at radius 3 is 2.23 bits per heavy atom. The molecule has 3 rings (SSSR count). The van der Waals surface area contributed by atoms with Gasteiger partial charge < -0.3 is 10.2 Å². The molecule has 1 aromatic carbocycles. The molecule has 144 valence electrons. The number of likely N-dealkylation sites (N-methyl/N-ethyl adjacent to an activating group) is 2. The van der Waals surface area contributed by atoms with Gasteiger partial charge in [-0.3, -0.25) is 4.72 Å². The van der Waals surface area contributed by atoms with Crippen LogP contribution in [-0.4, -0.2) is 48.5 Å². The van der Waals surface area contributed by atoms with Crippen LogP contribution in [0.15, 0.2) is 6.07 Å². The molecule has 1 aromatic rings. The lowest BCUT2D eigenvalue weighted by Gasteiger charge is -2.22. The summed E-state index contributed by atoms with van der Waals surface area (Å²) in [5.41, 5.74) is 6.76. The van der Waals surface area contributed by atoms with Crippen LogP contribution in [0.2, 0.25) is 0 Å². The van der Waals surface area contributed by atoms with E-state index < -0.39 is 0 Å². The Bertz CT molecular complexity index is 613. The molecule has 0 aliphatic heterocycles. The van der Waals surface area contributed by atoms with E-state index in [0.29, 0.717) is 0 Å². The number of carbonyl (C=O) groups is 1. The number of carbonyl (C=O) groups excluding carboxylic acids is 1. The van der Waals surface area contributed by atoms with Crippen molar-refractivity contribution in [2.75, 3.05) is 38.5 Å². The number of anilines is 1. The third-order valence-electron chi connectivity index (χ3n) is 5.63. The molecule has 0 saturated heterocycles. The van der Waals surface area contributed by atoms with Crippen molar-refractivity contribution in [1.29, 1.82) is 0 Å². The first-order chi connectivity index (χ1) is 12.6. The molecule has 2 N–H and O–H groups in total. The minimum atomic E-state index is -0.112. The highest BCUT2D eigenvalue weighted by Crippen LogP contribution is 2.38. The van der Waals surface area contributed by atoms with Crippen LogP contribution in [0.1, 0.15) is 48.9 Å². The Hall–Kier alpha value is -1.24. The van der Waals surface area contributed by atoms with Crippen molar-refractivity contribution in [2.24, 2.45) is 0 Å². The summed E-state index contributed by atoms with van der Waals surface area (Å²) in [6.07, 6.45) is 6.91. The molecule has 0 fully saturated rings. The molecule has 0 atom stereocenters. The number of nitrogens with one attached hydrogen (secondary N) is 2. The molecular weight excluding hydrogens is 344 g/mol. The van der Waals surface area contributed by atoms with Crippen LogP contribution in [0.3, 0.4) is 0 Å². The first-order valence-electron chi connectivity index (χ1n) is 9.96. The quantitative estimate of drug-likeness (QED) is 0.680. The maximum absolute atomic E-state index is 12.5. The van der Waals surface area contributed by atoms with Gasteiger partial charge in [0.05, 0.1) is 0 Å². The highest BCUT2D eigenvalue weighted by atomic mass is 32.2. The molecule has 0 heterocycles. The molecular formula is C20H32N4OS. The van der Waals surface area contributed by atoms with Gasteiger partial charge in [-0.05, 0) is 80.9 Å². The fourth-order valence-corrected chi connectivity index (χ4v) is 4.56. The van der Waals surface area contributed by atoms with Crippen molar-refractivity contribution in [1.82, 2.24) is 13.9 Å². The zero-order chi connectivity index (χ0) is 18.5. The number of hydrogen-bond donors (Lipinski definition) is 2. The monoisotopic (exact) mass is 376 g/mol. The van der Waals surface area contributed by atoms with E-state index in [9.17, 15) is 4.79 Å². The predicted octanol–water partition coefficient (Wildman–Crippen LogP) is 3.62. The number of benzene rings is 1. The van der Waals surface area contributed by atoms with Crippen molar-refractivity contribution in [2.45, 2.75) is 52.4 Å². The van der Waals surface area contributed by atoms with E-state index >= 15 is 0 Å². The molecule has 26 heavy (non-hydrogen) atoms. The Kier molecular flexibility index (Phi) is 6.84. The van der Waals surface area contributed by atoms with Gasteiger partial charge in [0.25, 0.3) is 0 Å². The number of fused-ring (bicyclic) bond motifs is 2. The Balaban J connectivity index is 1.55. The number of aryl methyl sites for hydroxylation is 2. The molecule has 0 bridgehead atoms. The molecule has 2 aliphatic rings. The smallest absolute Gasteiger partial charge is 0.307 e. The third kappa shape index (κ3) is 4.53.